The minimum Gasteiger partial charge on any atom is -0.495 e. The Bertz CT molecular complexity index is 817. The molecule has 0 unspecified atom stereocenters. The van der Waals surface area contributed by atoms with Gasteiger partial charge in [-0.3, -0.25) is 9.59 Å². The van der Waals surface area contributed by atoms with Gasteiger partial charge in [0, 0.05) is 51.8 Å². The smallest absolute Gasteiger partial charge is 0.226 e. The quantitative estimate of drug-likeness (QED) is 0.723. The number of carbonyl (C=O) groups is 2. The van der Waals surface area contributed by atoms with E-state index in [0.717, 1.165) is 30.2 Å². The summed E-state index contributed by atoms with van der Waals surface area (Å²) in [4.78, 5) is 30.7. The molecular formula is C23H29N3O3. The molecule has 0 saturated carbocycles. The van der Waals surface area contributed by atoms with Crippen LogP contribution in [0, 0.1) is 0 Å². The van der Waals surface area contributed by atoms with Crippen molar-refractivity contribution in [2.75, 3.05) is 50.1 Å². The van der Waals surface area contributed by atoms with Crippen molar-refractivity contribution in [3.63, 3.8) is 0 Å². The van der Waals surface area contributed by atoms with Gasteiger partial charge in [-0.25, -0.2) is 0 Å². The van der Waals surface area contributed by atoms with E-state index in [1.807, 2.05) is 59.5 Å². The van der Waals surface area contributed by atoms with Gasteiger partial charge in [0.05, 0.1) is 12.8 Å². The molecule has 6 nitrogen and oxygen atoms in total. The lowest BCUT2D eigenvalue weighted by Crippen LogP contribution is -2.48. The molecule has 0 atom stereocenters. The van der Waals surface area contributed by atoms with Crippen LogP contribution in [0.1, 0.15) is 19.3 Å². The first-order valence-corrected chi connectivity index (χ1v) is 10.1. The zero-order chi connectivity index (χ0) is 20.6. The first-order valence-electron chi connectivity index (χ1n) is 10.1. The van der Waals surface area contributed by atoms with E-state index in [0.29, 0.717) is 32.4 Å². The number of hydrogen-bond donors (Lipinski definition) is 0. The second-order valence-corrected chi connectivity index (χ2v) is 7.18. The van der Waals surface area contributed by atoms with Crippen LogP contribution in [0.5, 0.6) is 5.75 Å². The number of rotatable bonds is 7. The van der Waals surface area contributed by atoms with Crippen molar-refractivity contribution in [2.45, 2.75) is 19.3 Å². The molecular weight excluding hydrogens is 366 g/mol. The summed E-state index contributed by atoms with van der Waals surface area (Å²) in [5.41, 5.74) is 1.94. The van der Waals surface area contributed by atoms with Crippen molar-refractivity contribution < 1.29 is 14.3 Å². The molecule has 1 saturated heterocycles. The van der Waals surface area contributed by atoms with E-state index in [2.05, 4.69) is 4.90 Å². The molecule has 0 N–H and O–H groups in total. The Labute approximate surface area is 172 Å². The molecule has 0 spiro atoms. The predicted molar refractivity (Wildman–Crippen MR) is 115 cm³/mol. The molecule has 2 aromatic rings. The van der Waals surface area contributed by atoms with Gasteiger partial charge in [0.25, 0.3) is 0 Å². The van der Waals surface area contributed by atoms with E-state index in [9.17, 15) is 9.59 Å². The zero-order valence-corrected chi connectivity index (χ0v) is 17.2. The lowest BCUT2D eigenvalue weighted by molar-refractivity contribution is -0.131. The highest BCUT2D eigenvalue weighted by molar-refractivity contribution is 5.93. The Balaban J connectivity index is 1.42. The fraction of sp³-hybridized carbons (Fsp3) is 0.391. The van der Waals surface area contributed by atoms with E-state index in [4.69, 9.17) is 4.74 Å². The van der Waals surface area contributed by atoms with Gasteiger partial charge in [0.1, 0.15) is 5.75 Å². The molecule has 6 heteroatoms. The average molecular weight is 396 g/mol. The molecule has 29 heavy (non-hydrogen) atoms. The van der Waals surface area contributed by atoms with Crippen molar-refractivity contribution in [3.05, 3.63) is 54.6 Å². The molecule has 0 aromatic heterocycles. The summed E-state index contributed by atoms with van der Waals surface area (Å²) in [5, 5.41) is 0. The Morgan fingerprint density at radius 1 is 0.931 bits per heavy atom. The minimum absolute atomic E-state index is 0.0324. The third kappa shape index (κ3) is 5.28. The number of para-hydroxylation sites is 3. The lowest BCUT2D eigenvalue weighted by atomic mass is 10.1. The van der Waals surface area contributed by atoms with Gasteiger partial charge in [0.15, 0.2) is 0 Å². The Hall–Kier alpha value is -3.02. The lowest BCUT2D eigenvalue weighted by Gasteiger charge is -2.36. The topological polar surface area (TPSA) is 53.1 Å². The largest absolute Gasteiger partial charge is 0.495 e. The van der Waals surface area contributed by atoms with Gasteiger partial charge in [-0.2, -0.15) is 0 Å². The summed E-state index contributed by atoms with van der Waals surface area (Å²) in [7, 11) is 3.45. The predicted octanol–water partition coefficient (Wildman–Crippen LogP) is 3.18. The third-order valence-electron chi connectivity index (χ3n) is 5.36. The molecule has 2 amide bonds. The highest BCUT2D eigenvalue weighted by Gasteiger charge is 2.23. The highest BCUT2D eigenvalue weighted by Crippen LogP contribution is 2.28. The molecule has 3 rings (SSSR count). The summed E-state index contributed by atoms with van der Waals surface area (Å²) >= 11 is 0. The maximum atomic E-state index is 12.5. The number of anilines is 2. The van der Waals surface area contributed by atoms with Crippen molar-refractivity contribution in [3.8, 4) is 5.75 Å². The highest BCUT2D eigenvalue weighted by atomic mass is 16.5. The Kier molecular flexibility index (Phi) is 7.11. The number of benzene rings is 2. The van der Waals surface area contributed by atoms with Crippen molar-refractivity contribution in [1.82, 2.24) is 4.90 Å². The van der Waals surface area contributed by atoms with Gasteiger partial charge in [-0.1, -0.05) is 30.3 Å². The van der Waals surface area contributed by atoms with Crippen LogP contribution in [0.25, 0.3) is 0 Å². The average Bonchev–Trinajstić information content (AvgIpc) is 2.79. The van der Waals surface area contributed by atoms with Crippen molar-refractivity contribution >= 4 is 23.2 Å². The van der Waals surface area contributed by atoms with E-state index in [1.54, 1.807) is 19.1 Å². The maximum Gasteiger partial charge on any atom is 0.226 e. The van der Waals surface area contributed by atoms with Crippen LogP contribution in [0.4, 0.5) is 11.4 Å². The van der Waals surface area contributed by atoms with E-state index in [-0.39, 0.29) is 11.8 Å². The van der Waals surface area contributed by atoms with Gasteiger partial charge < -0.3 is 19.4 Å². The molecule has 0 bridgehead atoms. The zero-order valence-electron chi connectivity index (χ0n) is 17.2. The summed E-state index contributed by atoms with van der Waals surface area (Å²) in [6, 6.07) is 17.5. The minimum atomic E-state index is 0.0324. The third-order valence-corrected chi connectivity index (χ3v) is 5.36. The first-order chi connectivity index (χ1) is 14.1. The molecule has 154 valence electrons. The van der Waals surface area contributed by atoms with Gasteiger partial charge in [0.2, 0.25) is 11.8 Å². The molecule has 1 aliphatic rings. The second kappa shape index (κ2) is 9.96. The first kappa shape index (κ1) is 20.7. The SMILES string of the molecule is COc1ccccc1N1CCN(C(=O)CCCC(=O)N(C)c2ccccc2)CC1. The molecule has 1 aliphatic heterocycles. The second-order valence-electron chi connectivity index (χ2n) is 7.18. The van der Waals surface area contributed by atoms with E-state index < -0.39 is 0 Å². The summed E-state index contributed by atoms with van der Waals surface area (Å²) in [5.74, 6) is 1.01. The van der Waals surface area contributed by atoms with Crippen LogP contribution in [0.2, 0.25) is 0 Å². The normalized spacial score (nSPS) is 13.9. The number of methoxy groups -OCH3 is 1. The fourth-order valence-electron chi connectivity index (χ4n) is 3.60. The van der Waals surface area contributed by atoms with E-state index in [1.165, 1.54) is 0 Å². The number of nitrogens with zero attached hydrogens (tertiary/aromatic N) is 3. The van der Waals surface area contributed by atoms with Crippen molar-refractivity contribution in [1.29, 1.82) is 0 Å². The van der Waals surface area contributed by atoms with Crippen LogP contribution < -0.4 is 14.5 Å². The monoisotopic (exact) mass is 395 g/mol. The molecule has 0 radical (unpaired) electrons. The fourth-order valence-corrected chi connectivity index (χ4v) is 3.60. The number of hydrogen-bond acceptors (Lipinski definition) is 4. The van der Waals surface area contributed by atoms with Crippen molar-refractivity contribution in [2.24, 2.45) is 0 Å². The van der Waals surface area contributed by atoms with Crippen LogP contribution >= 0.6 is 0 Å². The van der Waals surface area contributed by atoms with Crippen LogP contribution in [-0.4, -0.2) is 57.1 Å². The molecule has 0 aliphatic carbocycles. The molecule has 1 fully saturated rings. The van der Waals surface area contributed by atoms with Gasteiger partial charge in [-0.15, -0.1) is 0 Å². The number of ether oxygens (including phenoxy) is 1. The number of piperazine rings is 1. The summed E-state index contributed by atoms with van der Waals surface area (Å²) in [6.45, 7) is 2.94. The molecule has 2 aromatic carbocycles. The van der Waals surface area contributed by atoms with Crippen LogP contribution in [0.15, 0.2) is 54.6 Å². The Morgan fingerprint density at radius 2 is 1.59 bits per heavy atom. The summed E-state index contributed by atoms with van der Waals surface area (Å²) < 4.78 is 5.44. The molecule has 1 heterocycles. The Morgan fingerprint density at radius 3 is 2.28 bits per heavy atom. The van der Waals surface area contributed by atoms with Gasteiger partial charge >= 0.3 is 0 Å². The van der Waals surface area contributed by atoms with Crippen LogP contribution in [-0.2, 0) is 9.59 Å². The number of carbonyl (C=O) groups excluding carboxylic acids is 2. The summed E-state index contributed by atoms with van der Waals surface area (Å²) in [6.07, 6.45) is 1.35. The van der Waals surface area contributed by atoms with Gasteiger partial charge in [-0.05, 0) is 30.7 Å². The maximum absolute atomic E-state index is 12.5. The number of amides is 2. The van der Waals surface area contributed by atoms with Crippen LogP contribution in [0.3, 0.4) is 0 Å². The standard InChI is InChI=1S/C23H29N3O3/c1-24(19-9-4-3-5-10-19)22(27)13-8-14-23(28)26-17-15-25(16-18-26)20-11-6-7-12-21(20)29-2/h3-7,9-12H,8,13-18H2,1-2H3. The van der Waals surface area contributed by atoms with E-state index >= 15 is 0 Å².